The van der Waals surface area contributed by atoms with Crippen molar-refractivity contribution in [3.8, 4) is 0 Å². The zero-order valence-electron chi connectivity index (χ0n) is 11.3. The van der Waals surface area contributed by atoms with E-state index in [1.54, 1.807) is 31.2 Å². The Morgan fingerprint density at radius 1 is 1.29 bits per heavy atom. The Morgan fingerprint density at radius 2 is 2.00 bits per heavy atom. The molecule has 0 unspecified atom stereocenters. The largest absolute Gasteiger partial charge is 0.354 e. The summed E-state index contributed by atoms with van der Waals surface area (Å²) in [7, 11) is -2.22. The number of carbonyl (C=O) groups is 1. The Bertz CT molecular complexity index is 784. The van der Waals surface area contributed by atoms with E-state index in [9.17, 15) is 13.2 Å². The molecule has 0 spiro atoms. The van der Waals surface area contributed by atoms with Crippen molar-refractivity contribution in [3.05, 3.63) is 44.6 Å². The van der Waals surface area contributed by atoms with E-state index in [0.717, 1.165) is 15.8 Å². The molecule has 0 aliphatic rings. The maximum absolute atomic E-state index is 12.4. The summed E-state index contributed by atoms with van der Waals surface area (Å²) in [4.78, 5) is 12.6. The number of anilines is 1. The number of rotatable bonds is 4. The number of hydrogen-bond acceptors (Lipinski definition) is 4. The van der Waals surface area contributed by atoms with Crippen LogP contribution in [0.25, 0.3) is 0 Å². The molecule has 1 heterocycles. The van der Waals surface area contributed by atoms with Gasteiger partial charge in [-0.25, -0.2) is 8.42 Å². The van der Waals surface area contributed by atoms with Crippen LogP contribution in [0.3, 0.4) is 0 Å². The number of halogens is 1. The number of sulfonamides is 1. The third-order valence-corrected chi connectivity index (χ3v) is 5.87. The highest BCUT2D eigenvalue weighted by molar-refractivity contribution is 9.10. The third-order valence-electron chi connectivity index (χ3n) is 2.69. The summed E-state index contributed by atoms with van der Waals surface area (Å²) in [6.45, 7) is 1.67. The van der Waals surface area contributed by atoms with Crippen LogP contribution < -0.4 is 10.0 Å². The van der Waals surface area contributed by atoms with E-state index in [1.807, 2.05) is 0 Å². The van der Waals surface area contributed by atoms with Gasteiger partial charge in [-0.05, 0) is 31.2 Å². The molecule has 2 rings (SSSR count). The fourth-order valence-electron chi connectivity index (χ4n) is 1.73. The molecule has 0 aliphatic carbocycles. The van der Waals surface area contributed by atoms with Crippen molar-refractivity contribution in [1.29, 1.82) is 0 Å². The summed E-state index contributed by atoms with van der Waals surface area (Å²) in [5.41, 5.74) is 0.455. The highest BCUT2D eigenvalue weighted by atomic mass is 79.9. The van der Waals surface area contributed by atoms with E-state index in [1.165, 1.54) is 13.1 Å². The Kier molecular flexibility index (Phi) is 4.70. The first kappa shape index (κ1) is 16.0. The molecule has 1 aromatic carbocycles. The van der Waals surface area contributed by atoms with Crippen molar-refractivity contribution < 1.29 is 13.2 Å². The number of hydrogen-bond donors (Lipinski definition) is 2. The van der Waals surface area contributed by atoms with Gasteiger partial charge < -0.3 is 5.32 Å². The highest BCUT2D eigenvalue weighted by Gasteiger charge is 2.22. The predicted molar refractivity (Wildman–Crippen MR) is 87.4 cm³/mol. The average Bonchev–Trinajstić information content (AvgIpc) is 2.80. The molecule has 0 radical (unpaired) electrons. The Hall–Kier alpha value is -1.38. The molecule has 112 valence electrons. The molecule has 5 nitrogen and oxygen atoms in total. The van der Waals surface area contributed by atoms with Crippen molar-refractivity contribution in [2.45, 2.75) is 11.8 Å². The second kappa shape index (κ2) is 6.17. The number of aryl methyl sites for hydroxylation is 1. The summed E-state index contributed by atoms with van der Waals surface area (Å²) >= 11 is 4.43. The second-order valence-electron chi connectivity index (χ2n) is 4.23. The average molecular weight is 389 g/mol. The lowest BCUT2D eigenvalue weighted by Crippen LogP contribution is -2.16. The van der Waals surface area contributed by atoms with Gasteiger partial charge in [0.05, 0.1) is 4.88 Å². The van der Waals surface area contributed by atoms with E-state index < -0.39 is 10.0 Å². The number of amides is 1. The lowest BCUT2D eigenvalue weighted by atomic mass is 10.3. The Labute approximate surface area is 135 Å². The molecule has 21 heavy (non-hydrogen) atoms. The maximum Gasteiger partial charge on any atom is 0.263 e. The van der Waals surface area contributed by atoms with E-state index in [2.05, 4.69) is 26.0 Å². The van der Waals surface area contributed by atoms with Crippen LogP contribution in [0.5, 0.6) is 0 Å². The summed E-state index contributed by atoms with van der Waals surface area (Å²) in [5, 5.41) is 2.48. The molecule has 2 aromatic rings. The van der Waals surface area contributed by atoms with Crippen LogP contribution in [-0.4, -0.2) is 21.4 Å². The van der Waals surface area contributed by atoms with Crippen LogP contribution in [0, 0.1) is 6.92 Å². The van der Waals surface area contributed by atoms with Gasteiger partial charge in [-0.3, -0.25) is 9.52 Å². The second-order valence-corrected chi connectivity index (χ2v) is 8.05. The minimum atomic E-state index is -3.72. The van der Waals surface area contributed by atoms with Gasteiger partial charge in [0.15, 0.2) is 0 Å². The quantitative estimate of drug-likeness (QED) is 0.844. The molecule has 1 aromatic heterocycles. The molecule has 0 atom stereocenters. The number of benzene rings is 1. The van der Waals surface area contributed by atoms with Gasteiger partial charge in [0, 0.05) is 22.1 Å². The monoisotopic (exact) mass is 388 g/mol. The standard InChI is InChI=1S/C13H13BrN2O3S2/c1-8-12(7-11(20-8)13(17)15-2)21(18,19)16-10-5-3-4-9(14)6-10/h3-7,16H,1-2H3,(H,15,17). The van der Waals surface area contributed by atoms with Crippen molar-refractivity contribution in [1.82, 2.24) is 5.32 Å². The topological polar surface area (TPSA) is 75.3 Å². The van der Waals surface area contributed by atoms with Gasteiger partial charge in [0.25, 0.3) is 15.9 Å². The molecule has 0 bridgehead atoms. The van der Waals surface area contributed by atoms with Crippen LogP contribution in [0.15, 0.2) is 39.7 Å². The van der Waals surface area contributed by atoms with Gasteiger partial charge in [-0.1, -0.05) is 22.0 Å². The fourth-order valence-corrected chi connectivity index (χ4v) is 4.72. The van der Waals surface area contributed by atoms with Crippen molar-refractivity contribution >= 4 is 48.9 Å². The van der Waals surface area contributed by atoms with E-state index in [-0.39, 0.29) is 10.8 Å². The van der Waals surface area contributed by atoms with Gasteiger partial charge in [-0.15, -0.1) is 11.3 Å². The molecule has 2 N–H and O–H groups in total. The first-order valence-corrected chi connectivity index (χ1v) is 9.03. The van der Waals surface area contributed by atoms with Crippen LogP contribution in [0.1, 0.15) is 14.5 Å². The van der Waals surface area contributed by atoms with Crippen LogP contribution in [0.4, 0.5) is 5.69 Å². The number of thiophene rings is 1. The van der Waals surface area contributed by atoms with E-state index in [0.29, 0.717) is 15.4 Å². The van der Waals surface area contributed by atoms with E-state index >= 15 is 0 Å². The van der Waals surface area contributed by atoms with Crippen molar-refractivity contribution in [3.63, 3.8) is 0 Å². The zero-order valence-corrected chi connectivity index (χ0v) is 14.5. The molecule has 0 fully saturated rings. The zero-order chi connectivity index (χ0) is 15.6. The smallest absolute Gasteiger partial charge is 0.263 e. The van der Waals surface area contributed by atoms with Crippen molar-refractivity contribution in [2.75, 3.05) is 11.8 Å². The lowest BCUT2D eigenvalue weighted by molar-refractivity contribution is 0.0967. The highest BCUT2D eigenvalue weighted by Crippen LogP contribution is 2.28. The molecular formula is C13H13BrN2O3S2. The van der Waals surface area contributed by atoms with Crippen LogP contribution in [0.2, 0.25) is 0 Å². The molecule has 0 saturated carbocycles. The van der Waals surface area contributed by atoms with Gasteiger partial charge in [0.2, 0.25) is 0 Å². The maximum atomic E-state index is 12.4. The molecule has 0 aliphatic heterocycles. The SMILES string of the molecule is CNC(=O)c1cc(S(=O)(=O)Nc2cccc(Br)c2)c(C)s1. The minimum Gasteiger partial charge on any atom is -0.354 e. The summed E-state index contributed by atoms with van der Waals surface area (Å²) in [6, 6.07) is 8.25. The van der Waals surface area contributed by atoms with Crippen LogP contribution in [-0.2, 0) is 10.0 Å². The molecule has 1 amide bonds. The molecule has 0 saturated heterocycles. The summed E-state index contributed by atoms with van der Waals surface area (Å²) < 4.78 is 28.1. The van der Waals surface area contributed by atoms with Gasteiger partial charge in [0.1, 0.15) is 4.90 Å². The fraction of sp³-hybridized carbons (Fsp3) is 0.154. The summed E-state index contributed by atoms with van der Waals surface area (Å²) in [5.74, 6) is -0.299. The van der Waals surface area contributed by atoms with E-state index in [4.69, 9.17) is 0 Å². The number of nitrogens with one attached hydrogen (secondary N) is 2. The normalized spacial score (nSPS) is 11.2. The minimum absolute atomic E-state index is 0.117. The molecular weight excluding hydrogens is 376 g/mol. The van der Waals surface area contributed by atoms with Crippen molar-refractivity contribution in [2.24, 2.45) is 0 Å². The number of carbonyl (C=O) groups excluding carboxylic acids is 1. The Balaban J connectivity index is 2.36. The lowest BCUT2D eigenvalue weighted by Gasteiger charge is -2.07. The molecule has 8 heteroatoms. The first-order valence-electron chi connectivity index (χ1n) is 5.94. The first-order chi connectivity index (χ1) is 9.83. The summed E-state index contributed by atoms with van der Waals surface area (Å²) in [6.07, 6.45) is 0. The van der Waals surface area contributed by atoms with Gasteiger partial charge in [-0.2, -0.15) is 0 Å². The van der Waals surface area contributed by atoms with Crippen LogP contribution >= 0.6 is 27.3 Å². The third kappa shape index (κ3) is 3.63. The van der Waals surface area contributed by atoms with Gasteiger partial charge >= 0.3 is 0 Å². The Morgan fingerprint density at radius 3 is 2.62 bits per heavy atom. The predicted octanol–water partition coefficient (Wildman–Crippen LogP) is 2.98.